The first-order valence-corrected chi connectivity index (χ1v) is 11.7. The van der Waals surface area contributed by atoms with Crippen LogP contribution in [0.25, 0.3) is 0 Å². The number of nitrogens with zero attached hydrogens (tertiary/aromatic N) is 2. The molecule has 2 aromatic heterocycles. The largest absolute Gasteiger partial charge is 0.337 e. The monoisotopic (exact) mass is 430 g/mol. The Morgan fingerprint density at radius 1 is 1.00 bits per heavy atom. The smallest absolute Gasteiger partial charge is 0.272 e. The normalized spacial score (nSPS) is 15.4. The second-order valence-electron chi connectivity index (χ2n) is 6.88. The topological polar surface area (TPSA) is 85.5 Å². The number of amides is 1. The van der Waals surface area contributed by atoms with Crippen LogP contribution in [0, 0.1) is 0 Å². The van der Waals surface area contributed by atoms with Crippen LogP contribution in [0.1, 0.15) is 16.1 Å². The maximum Gasteiger partial charge on any atom is 0.272 e. The van der Waals surface area contributed by atoms with Gasteiger partial charge < -0.3 is 9.88 Å². The van der Waals surface area contributed by atoms with E-state index in [0.29, 0.717) is 18.8 Å². The minimum atomic E-state index is -3.64. The average Bonchev–Trinajstić information content (AvgIpc) is 3.41. The first kappa shape index (κ1) is 19.7. The van der Waals surface area contributed by atoms with Crippen molar-refractivity contribution in [3.05, 3.63) is 71.2 Å². The average molecular weight is 431 g/mol. The van der Waals surface area contributed by atoms with Gasteiger partial charge in [0.25, 0.3) is 15.9 Å². The zero-order valence-electron chi connectivity index (χ0n) is 15.7. The summed E-state index contributed by atoms with van der Waals surface area (Å²) in [5.74, 6) is 0.162. The highest BCUT2D eigenvalue weighted by molar-refractivity contribution is 7.94. The Morgan fingerprint density at radius 2 is 1.76 bits per heavy atom. The van der Waals surface area contributed by atoms with Crippen LogP contribution in [0.2, 0.25) is 0 Å². The second-order valence-corrected chi connectivity index (χ2v) is 9.73. The van der Waals surface area contributed by atoms with Crippen molar-refractivity contribution in [2.45, 2.75) is 10.8 Å². The minimum absolute atomic E-state index is 0.120. The summed E-state index contributed by atoms with van der Waals surface area (Å²) in [5, 5.41) is 1.70. The number of carbonyl (C=O) groups is 1. The predicted molar refractivity (Wildman–Crippen MR) is 114 cm³/mol. The van der Waals surface area contributed by atoms with Gasteiger partial charge in [-0.05, 0) is 29.1 Å². The molecule has 0 atom stereocenters. The number of sulfonamides is 1. The standard InChI is InChI=1S/C20H22N4O3S2/c25-20(24-12-10-23(11-13-24)15-16-5-2-1-3-6-16)17-8-9-18(21-17)22-29(26,27)19-7-4-14-28-19/h1-9,14,21-22H,10-13,15H2. The Labute approximate surface area is 174 Å². The molecule has 1 amide bonds. The van der Waals surface area contributed by atoms with Crippen LogP contribution in [0.3, 0.4) is 0 Å². The summed E-state index contributed by atoms with van der Waals surface area (Å²) in [5.41, 5.74) is 1.64. The number of carbonyl (C=O) groups excluding carboxylic acids is 1. The van der Waals surface area contributed by atoms with Gasteiger partial charge in [-0.25, -0.2) is 8.42 Å². The van der Waals surface area contributed by atoms with Gasteiger partial charge in [0.1, 0.15) is 15.7 Å². The summed E-state index contributed by atoms with van der Waals surface area (Å²) in [6.07, 6.45) is 0. The molecule has 0 aliphatic carbocycles. The fourth-order valence-corrected chi connectivity index (χ4v) is 5.33. The number of hydrogen-bond acceptors (Lipinski definition) is 5. The van der Waals surface area contributed by atoms with Crippen molar-refractivity contribution in [3.63, 3.8) is 0 Å². The van der Waals surface area contributed by atoms with E-state index < -0.39 is 10.0 Å². The van der Waals surface area contributed by atoms with E-state index in [0.717, 1.165) is 31.0 Å². The molecule has 1 fully saturated rings. The van der Waals surface area contributed by atoms with E-state index in [9.17, 15) is 13.2 Å². The quantitative estimate of drug-likeness (QED) is 0.630. The molecule has 0 spiro atoms. The highest BCUT2D eigenvalue weighted by Gasteiger charge is 2.24. The summed E-state index contributed by atoms with van der Waals surface area (Å²) >= 11 is 1.14. The summed E-state index contributed by atoms with van der Waals surface area (Å²) in [7, 11) is -3.64. The van der Waals surface area contributed by atoms with Crippen LogP contribution in [0.15, 0.2) is 64.2 Å². The molecule has 9 heteroatoms. The molecule has 0 bridgehead atoms. The molecular weight excluding hydrogens is 408 g/mol. The van der Waals surface area contributed by atoms with Gasteiger partial charge in [0.2, 0.25) is 0 Å². The van der Waals surface area contributed by atoms with Crippen molar-refractivity contribution in [2.75, 3.05) is 30.9 Å². The molecule has 3 aromatic rings. The van der Waals surface area contributed by atoms with E-state index in [1.54, 1.807) is 28.5 Å². The first-order chi connectivity index (χ1) is 14.0. The van der Waals surface area contributed by atoms with E-state index in [2.05, 4.69) is 26.7 Å². The van der Waals surface area contributed by atoms with Gasteiger partial charge in [0.05, 0.1) is 0 Å². The second kappa shape index (κ2) is 8.40. The predicted octanol–water partition coefficient (Wildman–Crippen LogP) is 2.84. The molecule has 7 nitrogen and oxygen atoms in total. The molecule has 152 valence electrons. The Hall–Kier alpha value is -2.62. The van der Waals surface area contributed by atoms with Gasteiger partial charge in [-0.1, -0.05) is 36.4 Å². The summed E-state index contributed by atoms with van der Waals surface area (Å²) < 4.78 is 27.3. The highest BCUT2D eigenvalue weighted by atomic mass is 32.2. The molecule has 1 aromatic carbocycles. The van der Waals surface area contributed by atoms with Crippen LogP contribution in [-0.4, -0.2) is 55.3 Å². The Kier molecular flexibility index (Phi) is 5.70. The minimum Gasteiger partial charge on any atom is -0.337 e. The third-order valence-electron chi connectivity index (χ3n) is 4.83. The van der Waals surface area contributed by atoms with E-state index >= 15 is 0 Å². The lowest BCUT2D eigenvalue weighted by Gasteiger charge is -2.34. The van der Waals surface area contributed by atoms with E-state index in [-0.39, 0.29) is 15.9 Å². The number of aromatic nitrogens is 1. The van der Waals surface area contributed by atoms with Crippen molar-refractivity contribution in [1.29, 1.82) is 0 Å². The molecule has 0 unspecified atom stereocenters. The van der Waals surface area contributed by atoms with Gasteiger partial charge in [-0.15, -0.1) is 11.3 Å². The fourth-order valence-electron chi connectivity index (χ4n) is 3.31. The van der Waals surface area contributed by atoms with Gasteiger partial charge in [-0.3, -0.25) is 14.4 Å². The number of anilines is 1. The number of thiophene rings is 1. The fraction of sp³-hybridized carbons (Fsp3) is 0.250. The number of H-pyrrole nitrogens is 1. The van der Waals surface area contributed by atoms with Crippen LogP contribution >= 0.6 is 11.3 Å². The molecule has 0 saturated carbocycles. The Morgan fingerprint density at radius 3 is 2.45 bits per heavy atom. The number of hydrogen-bond donors (Lipinski definition) is 2. The number of nitrogens with one attached hydrogen (secondary N) is 2. The van der Waals surface area contributed by atoms with Crippen LogP contribution in [0.5, 0.6) is 0 Å². The SMILES string of the molecule is O=C(c1ccc(NS(=O)(=O)c2cccs2)[nH]1)N1CCN(Cc2ccccc2)CC1. The van der Waals surface area contributed by atoms with Crippen molar-refractivity contribution >= 4 is 33.1 Å². The molecular formula is C20H22N4O3S2. The third kappa shape index (κ3) is 4.69. The van der Waals surface area contributed by atoms with Gasteiger partial charge in [-0.2, -0.15) is 0 Å². The van der Waals surface area contributed by atoms with Gasteiger partial charge in [0, 0.05) is 32.7 Å². The Bertz CT molecular complexity index is 1050. The van der Waals surface area contributed by atoms with Crippen LogP contribution in [-0.2, 0) is 16.6 Å². The third-order valence-corrected chi connectivity index (χ3v) is 7.59. The zero-order valence-corrected chi connectivity index (χ0v) is 17.4. The van der Waals surface area contributed by atoms with Gasteiger partial charge in [0.15, 0.2) is 0 Å². The summed E-state index contributed by atoms with van der Waals surface area (Å²) in [6.45, 7) is 3.76. The Balaban J connectivity index is 1.34. The van der Waals surface area contributed by atoms with Crippen molar-refractivity contribution in [1.82, 2.24) is 14.8 Å². The molecule has 1 aliphatic rings. The molecule has 4 rings (SSSR count). The molecule has 3 heterocycles. The molecule has 0 radical (unpaired) electrons. The maximum atomic E-state index is 12.8. The van der Waals surface area contributed by atoms with Crippen LogP contribution in [0.4, 0.5) is 5.82 Å². The van der Waals surface area contributed by atoms with E-state index in [1.165, 1.54) is 11.6 Å². The summed E-state index contributed by atoms with van der Waals surface area (Å²) in [4.78, 5) is 19.8. The van der Waals surface area contributed by atoms with Crippen molar-refractivity contribution in [3.8, 4) is 0 Å². The number of aromatic amines is 1. The van der Waals surface area contributed by atoms with Crippen molar-refractivity contribution < 1.29 is 13.2 Å². The molecule has 1 saturated heterocycles. The zero-order chi connectivity index (χ0) is 20.3. The lowest BCUT2D eigenvalue weighted by molar-refractivity contribution is 0.0623. The lowest BCUT2D eigenvalue weighted by atomic mass is 10.2. The lowest BCUT2D eigenvalue weighted by Crippen LogP contribution is -2.48. The van der Waals surface area contributed by atoms with Crippen LogP contribution < -0.4 is 4.72 Å². The number of rotatable bonds is 6. The number of piperazine rings is 1. The maximum absolute atomic E-state index is 12.8. The summed E-state index contributed by atoms with van der Waals surface area (Å²) in [6, 6.07) is 16.7. The number of benzene rings is 1. The van der Waals surface area contributed by atoms with Crippen molar-refractivity contribution in [2.24, 2.45) is 0 Å². The highest BCUT2D eigenvalue weighted by Crippen LogP contribution is 2.20. The molecule has 1 aliphatic heterocycles. The molecule has 29 heavy (non-hydrogen) atoms. The van der Waals surface area contributed by atoms with E-state index in [1.807, 2.05) is 18.2 Å². The first-order valence-electron chi connectivity index (χ1n) is 9.32. The van der Waals surface area contributed by atoms with E-state index in [4.69, 9.17) is 0 Å². The van der Waals surface area contributed by atoms with Gasteiger partial charge >= 0.3 is 0 Å². The molecule has 2 N–H and O–H groups in total.